The third-order valence-corrected chi connectivity index (χ3v) is 4.17. The number of rotatable bonds is 4. The van der Waals surface area contributed by atoms with Gasteiger partial charge in [-0.15, -0.1) is 0 Å². The van der Waals surface area contributed by atoms with Gasteiger partial charge in [-0.05, 0) is 26.4 Å². The molecule has 0 radical (unpaired) electrons. The van der Waals surface area contributed by atoms with Gasteiger partial charge in [-0.2, -0.15) is 0 Å². The molecule has 2 atom stereocenters. The van der Waals surface area contributed by atoms with E-state index in [1.54, 1.807) is 0 Å². The molecule has 0 spiro atoms. The monoisotopic (exact) mass is 255 g/mol. The van der Waals surface area contributed by atoms with Gasteiger partial charge in [-0.25, -0.2) is 0 Å². The number of nitrogens with zero attached hydrogens (tertiary/aromatic N) is 1. The molecule has 18 heavy (non-hydrogen) atoms. The minimum atomic E-state index is -0.0285. The average Bonchev–Trinajstić information content (AvgIpc) is 2.88. The van der Waals surface area contributed by atoms with Gasteiger partial charge in [0.1, 0.15) is 0 Å². The minimum Gasteiger partial charge on any atom is -0.379 e. The van der Waals surface area contributed by atoms with Gasteiger partial charge >= 0.3 is 0 Å². The summed E-state index contributed by atoms with van der Waals surface area (Å²) >= 11 is 0. The van der Waals surface area contributed by atoms with Gasteiger partial charge in [0.25, 0.3) is 0 Å². The molecule has 2 heterocycles. The van der Waals surface area contributed by atoms with Crippen molar-refractivity contribution < 1.29 is 9.53 Å². The Morgan fingerprint density at radius 2 is 2.06 bits per heavy atom. The molecule has 2 fully saturated rings. The van der Waals surface area contributed by atoms with E-state index in [2.05, 4.69) is 22.5 Å². The number of amides is 1. The molecule has 0 aromatic rings. The minimum absolute atomic E-state index is 0.0285. The van der Waals surface area contributed by atoms with Crippen molar-refractivity contribution in [1.29, 1.82) is 0 Å². The zero-order valence-electron chi connectivity index (χ0n) is 11.4. The van der Waals surface area contributed by atoms with Crippen LogP contribution in [0.1, 0.15) is 19.8 Å². The van der Waals surface area contributed by atoms with Gasteiger partial charge in [0.2, 0.25) is 5.91 Å². The lowest BCUT2D eigenvalue weighted by molar-refractivity contribution is -0.126. The van der Waals surface area contributed by atoms with Crippen LogP contribution in [0, 0.1) is 5.92 Å². The van der Waals surface area contributed by atoms with E-state index in [-0.39, 0.29) is 17.9 Å². The van der Waals surface area contributed by atoms with Gasteiger partial charge in [-0.1, -0.05) is 6.92 Å². The smallest absolute Gasteiger partial charge is 0.227 e. The maximum Gasteiger partial charge on any atom is 0.227 e. The van der Waals surface area contributed by atoms with Crippen molar-refractivity contribution in [2.24, 2.45) is 5.92 Å². The van der Waals surface area contributed by atoms with Crippen LogP contribution in [0.5, 0.6) is 0 Å². The maximum absolute atomic E-state index is 12.2. The standard InChI is InChI=1S/C13H25N3O2/c1-3-16-6-4-10(5-7-16)15-13(17)11-8-18-9-12(11)14-2/h10-12,14H,3-9H2,1-2H3,(H,15,17). The fraction of sp³-hybridized carbons (Fsp3) is 0.923. The number of likely N-dealkylation sites (tertiary alicyclic amines) is 1. The van der Waals surface area contributed by atoms with Crippen molar-refractivity contribution in [3.8, 4) is 0 Å². The Kier molecular flexibility index (Phi) is 4.97. The molecule has 5 heteroatoms. The highest BCUT2D eigenvalue weighted by atomic mass is 16.5. The van der Waals surface area contributed by atoms with Gasteiger partial charge < -0.3 is 20.3 Å². The first kappa shape index (κ1) is 13.8. The van der Waals surface area contributed by atoms with E-state index in [4.69, 9.17) is 4.74 Å². The fourth-order valence-corrected chi connectivity index (χ4v) is 2.80. The summed E-state index contributed by atoms with van der Waals surface area (Å²) in [7, 11) is 1.89. The van der Waals surface area contributed by atoms with Gasteiger partial charge in [0.15, 0.2) is 0 Å². The first-order valence-corrected chi connectivity index (χ1v) is 7.02. The number of nitrogens with one attached hydrogen (secondary N) is 2. The summed E-state index contributed by atoms with van der Waals surface area (Å²) in [5, 5.41) is 6.34. The zero-order valence-corrected chi connectivity index (χ0v) is 11.4. The number of carbonyl (C=O) groups excluding carboxylic acids is 1. The molecule has 1 amide bonds. The van der Waals surface area contributed by atoms with Crippen LogP contribution in [0.3, 0.4) is 0 Å². The number of carbonyl (C=O) groups is 1. The molecule has 2 saturated heterocycles. The van der Waals surface area contributed by atoms with E-state index in [1.165, 1.54) is 0 Å². The Hall–Kier alpha value is -0.650. The molecular weight excluding hydrogens is 230 g/mol. The normalized spacial score (nSPS) is 30.6. The molecule has 2 unspecified atom stereocenters. The quantitative estimate of drug-likeness (QED) is 0.732. The molecule has 0 aliphatic carbocycles. The summed E-state index contributed by atoms with van der Waals surface area (Å²) in [4.78, 5) is 14.6. The summed E-state index contributed by atoms with van der Waals surface area (Å²) in [6.45, 7) is 6.68. The molecule has 104 valence electrons. The second kappa shape index (κ2) is 6.50. The predicted molar refractivity (Wildman–Crippen MR) is 70.4 cm³/mol. The highest BCUT2D eigenvalue weighted by Crippen LogP contribution is 2.16. The summed E-state index contributed by atoms with van der Waals surface area (Å²) in [5.41, 5.74) is 0. The molecule has 0 aromatic carbocycles. The van der Waals surface area contributed by atoms with E-state index in [0.717, 1.165) is 32.5 Å². The number of likely N-dealkylation sites (N-methyl/N-ethyl adjacent to an activating group) is 1. The van der Waals surface area contributed by atoms with Crippen LogP contribution in [0.4, 0.5) is 0 Å². The average molecular weight is 255 g/mol. The Morgan fingerprint density at radius 1 is 1.33 bits per heavy atom. The second-order valence-electron chi connectivity index (χ2n) is 5.26. The number of piperidine rings is 1. The molecule has 5 nitrogen and oxygen atoms in total. The van der Waals surface area contributed by atoms with Crippen molar-refractivity contribution >= 4 is 5.91 Å². The van der Waals surface area contributed by atoms with E-state index < -0.39 is 0 Å². The summed E-state index contributed by atoms with van der Waals surface area (Å²) in [6.07, 6.45) is 2.13. The molecule has 0 aromatic heterocycles. The SMILES string of the molecule is CCN1CCC(NC(=O)C2COCC2NC)CC1. The van der Waals surface area contributed by atoms with E-state index in [9.17, 15) is 4.79 Å². The van der Waals surface area contributed by atoms with Crippen LogP contribution in [-0.4, -0.2) is 62.8 Å². The van der Waals surface area contributed by atoms with Crippen LogP contribution >= 0.6 is 0 Å². The third kappa shape index (κ3) is 3.22. The fourth-order valence-electron chi connectivity index (χ4n) is 2.80. The second-order valence-corrected chi connectivity index (χ2v) is 5.26. The summed E-state index contributed by atoms with van der Waals surface area (Å²) < 4.78 is 5.37. The lowest BCUT2D eigenvalue weighted by Crippen LogP contribution is -2.49. The Bertz CT molecular complexity index is 277. The van der Waals surface area contributed by atoms with Crippen molar-refractivity contribution in [3.05, 3.63) is 0 Å². The van der Waals surface area contributed by atoms with Crippen LogP contribution in [0.2, 0.25) is 0 Å². The van der Waals surface area contributed by atoms with Crippen LogP contribution in [0.25, 0.3) is 0 Å². The summed E-state index contributed by atoms with van der Waals surface area (Å²) in [6, 6.07) is 0.513. The van der Waals surface area contributed by atoms with Crippen LogP contribution in [0.15, 0.2) is 0 Å². The molecule has 2 N–H and O–H groups in total. The van der Waals surface area contributed by atoms with E-state index in [1.807, 2.05) is 7.05 Å². The van der Waals surface area contributed by atoms with Crippen molar-refractivity contribution in [2.45, 2.75) is 31.8 Å². The van der Waals surface area contributed by atoms with Crippen molar-refractivity contribution in [1.82, 2.24) is 15.5 Å². The Morgan fingerprint density at radius 3 is 2.67 bits per heavy atom. The molecule has 2 rings (SSSR count). The number of hydrogen-bond acceptors (Lipinski definition) is 4. The topological polar surface area (TPSA) is 53.6 Å². The number of ether oxygens (including phenoxy) is 1. The molecular formula is C13H25N3O2. The molecule has 2 aliphatic rings. The van der Waals surface area contributed by atoms with E-state index in [0.29, 0.717) is 19.3 Å². The van der Waals surface area contributed by atoms with Crippen LogP contribution in [-0.2, 0) is 9.53 Å². The van der Waals surface area contributed by atoms with Crippen molar-refractivity contribution in [3.63, 3.8) is 0 Å². The van der Waals surface area contributed by atoms with Gasteiger partial charge in [-0.3, -0.25) is 4.79 Å². The van der Waals surface area contributed by atoms with Crippen molar-refractivity contribution in [2.75, 3.05) is 39.9 Å². The molecule has 0 bridgehead atoms. The predicted octanol–water partition coefficient (Wildman–Crippen LogP) is -0.179. The first-order chi connectivity index (χ1) is 8.74. The Labute approximate surface area is 109 Å². The highest BCUT2D eigenvalue weighted by molar-refractivity contribution is 5.80. The molecule has 0 saturated carbocycles. The number of hydrogen-bond donors (Lipinski definition) is 2. The summed E-state index contributed by atoms with van der Waals surface area (Å²) in [5.74, 6) is 0.126. The largest absolute Gasteiger partial charge is 0.379 e. The zero-order chi connectivity index (χ0) is 13.0. The lowest BCUT2D eigenvalue weighted by atomic mass is 10.00. The Balaban J connectivity index is 1.77. The molecule has 2 aliphatic heterocycles. The van der Waals surface area contributed by atoms with E-state index >= 15 is 0 Å². The maximum atomic E-state index is 12.2. The van der Waals surface area contributed by atoms with Crippen LogP contribution < -0.4 is 10.6 Å². The highest BCUT2D eigenvalue weighted by Gasteiger charge is 2.34. The van der Waals surface area contributed by atoms with Gasteiger partial charge in [0, 0.05) is 25.2 Å². The first-order valence-electron chi connectivity index (χ1n) is 7.02. The lowest BCUT2D eigenvalue weighted by Gasteiger charge is -2.32. The van der Waals surface area contributed by atoms with Gasteiger partial charge in [0.05, 0.1) is 19.1 Å². The third-order valence-electron chi connectivity index (χ3n) is 4.17.